The van der Waals surface area contributed by atoms with Crippen molar-refractivity contribution in [3.8, 4) is 6.07 Å². The average Bonchev–Trinajstić information content (AvgIpc) is 3.56. The van der Waals surface area contributed by atoms with E-state index in [0.29, 0.717) is 27.8 Å². The van der Waals surface area contributed by atoms with Gasteiger partial charge in [0, 0.05) is 80.2 Å². The average molecular weight is 625 g/mol. The number of aryl methyl sites for hydroxylation is 1. The lowest BCUT2D eigenvalue weighted by atomic mass is 10.0. The van der Waals surface area contributed by atoms with Crippen LogP contribution in [-0.2, 0) is 19.5 Å². The van der Waals surface area contributed by atoms with E-state index in [1.54, 1.807) is 6.07 Å². The molecule has 6 rings (SSSR count). The largest absolute Gasteiger partial charge is 0.393 e. The van der Waals surface area contributed by atoms with Crippen molar-refractivity contribution in [1.82, 2.24) is 29.2 Å². The number of nitrogens with zero attached hydrogens (tertiary/aromatic N) is 7. The number of piperazine rings is 1. The molecular formula is C32H39F3N8S. The minimum Gasteiger partial charge on any atom is -0.367 e. The maximum atomic E-state index is 12.9. The van der Waals surface area contributed by atoms with E-state index in [0.717, 1.165) is 87.4 Å². The van der Waals surface area contributed by atoms with Gasteiger partial charge in [0.2, 0.25) is 0 Å². The lowest BCUT2D eigenvalue weighted by molar-refractivity contribution is -0.126. The highest BCUT2D eigenvalue weighted by Gasteiger charge is 2.29. The first-order chi connectivity index (χ1) is 21.1. The Bertz CT molecular complexity index is 1660. The molecule has 0 unspecified atom stereocenters. The Morgan fingerprint density at radius 2 is 1.84 bits per heavy atom. The van der Waals surface area contributed by atoms with Gasteiger partial charge in [-0.2, -0.15) is 18.4 Å². The predicted octanol–water partition coefficient (Wildman–Crippen LogP) is 5.64. The molecule has 0 amide bonds. The lowest BCUT2D eigenvalue weighted by Gasteiger charge is -2.37. The predicted molar refractivity (Wildman–Crippen MR) is 169 cm³/mol. The van der Waals surface area contributed by atoms with Crippen LogP contribution < -0.4 is 5.32 Å². The highest BCUT2D eigenvalue weighted by atomic mass is 32.1. The molecule has 0 radical (unpaired) electrons. The van der Waals surface area contributed by atoms with Crippen LogP contribution in [0.5, 0.6) is 0 Å². The summed E-state index contributed by atoms with van der Waals surface area (Å²) in [5, 5.41) is 15.2. The second kappa shape index (κ2) is 12.6. The second-order valence-electron chi connectivity index (χ2n) is 12.3. The molecule has 12 heteroatoms. The van der Waals surface area contributed by atoms with Gasteiger partial charge < -0.3 is 14.8 Å². The first kappa shape index (κ1) is 30.8. The van der Waals surface area contributed by atoms with E-state index in [1.165, 1.54) is 17.5 Å². The number of rotatable bonds is 8. The van der Waals surface area contributed by atoms with Crippen molar-refractivity contribution >= 4 is 38.3 Å². The summed E-state index contributed by atoms with van der Waals surface area (Å²) in [5.74, 6) is 0.611. The van der Waals surface area contributed by atoms with Crippen LogP contribution in [0.15, 0.2) is 30.6 Å². The number of aromatic nitrogens is 3. The molecule has 0 spiro atoms. The molecule has 2 saturated heterocycles. The fourth-order valence-electron chi connectivity index (χ4n) is 6.57. The number of likely N-dealkylation sites (N-methyl/N-ethyl adjacent to an activating group) is 1. The van der Waals surface area contributed by atoms with Gasteiger partial charge in [-0.05, 0) is 63.1 Å². The summed E-state index contributed by atoms with van der Waals surface area (Å²) in [6, 6.07) is 11.2. The third-order valence-corrected chi connectivity index (χ3v) is 10.4. The number of thiophene rings is 1. The minimum atomic E-state index is -4.25. The van der Waals surface area contributed by atoms with Crippen molar-refractivity contribution in [1.29, 1.82) is 5.26 Å². The molecular weight excluding hydrogens is 585 g/mol. The van der Waals surface area contributed by atoms with Gasteiger partial charge in [-0.15, -0.1) is 11.3 Å². The monoisotopic (exact) mass is 624 g/mol. The van der Waals surface area contributed by atoms with Gasteiger partial charge in [0.25, 0.3) is 0 Å². The van der Waals surface area contributed by atoms with Crippen molar-refractivity contribution in [2.24, 2.45) is 0 Å². The standard InChI is InChI=1S/C32H39F3N8S/c1-21-18-42(11-10-40(21)3)12-13-43-25(17-36)14-27-22(2)23(4-5-29(27)43)19-41-8-6-24(7-9-41)39-30-28-15-26(16-32(33,34)35)44-31(28)38-20-37-30/h4-5,14-15,20-21,24H,6-13,16,18-19H2,1-3H3,(H,37,38,39)/t21-/m0/s1. The van der Waals surface area contributed by atoms with Crippen LogP contribution in [0.3, 0.4) is 0 Å². The molecule has 2 aliphatic heterocycles. The maximum Gasteiger partial charge on any atom is 0.393 e. The van der Waals surface area contributed by atoms with Gasteiger partial charge in [0.15, 0.2) is 0 Å². The Hall–Kier alpha value is -3.24. The van der Waals surface area contributed by atoms with E-state index in [4.69, 9.17) is 0 Å². The van der Waals surface area contributed by atoms with Crippen molar-refractivity contribution in [2.45, 2.75) is 64.5 Å². The molecule has 0 aliphatic carbocycles. The molecule has 2 fully saturated rings. The van der Waals surface area contributed by atoms with Crippen molar-refractivity contribution < 1.29 is 13.2 Å². The van der Waals surface area contributed by atoms with Gasteiger partial charge in [-0.1, -0.05) is 6.07 Å². The first-order valence-corrected chi connectivity index (χ1v) is 16.1. The minimum absolute atomic E-state index is 0.189. The summed E-state index contributed by atoms with van der Waals surface area (Å²) < 4.78 is 40.9. The Balaban J connectivity index is 1.08. The molecule has 1 atom stereocenters. The van der Waals surface area contributed by atoms with Crippen LogP contribution >= 0.6 is 11.3 Å². The molecule has 0 bridgehead atoms. The lowest BCUT2D eigenvalue weighted by Crippen LogP contribution is -2.50. The van der Waals surface area contributed by atoms with Crippen LogP contribution in [0.2, 0.25) is 0 Å². The van der Waals surface area contributed by atoms with E-state index in [9.17, 15) is 18.4 Å². The fraction of sp³-hybridized carbons (Fsp3) is 0.531. The van der Waals surface area contributed by atoms with Crippen molar-refractivity contribution in [3.05, 3.63) is 52.3 Å². The number of hydrogen-bond donors (Lipinski definition) is 1. The quantitative estimate of drug-likeness (QED) is 0.272. The third-order valence-electron chi connectivity index (χ3n) is 9.34. The number of hydrogen-bond acceptors (Lipinski definition) is 8. The summed E-state index contributed by atoms with van der Waals surface area (Å²) in [6.07, 6.45) is -1.96. The summed E-state index contributed by atoms with van der Waals surface area (Å²) in [4.78, 5) is 16.7. The third kappa shape index (κ3) is 6.71. The van der Waals surface area contributed by atoms with E-state index in [2.05, 4.69) is 73.6 Å². The van der Waals surface area contributed by atoms with Crippen LogP contribution in [0.25, 0.3) is 21.1 Å². The molecule has 44 heavy (non-hydrogen) atoms. The second-order valence-corrected chi connectivity index (χ2v) is 13.5. The molecule has 5 heterocycles. The first-order valence-electron chi connectivity index (χ1n) is 15.3. The summed E-state index contributed by atoms with van der Waals surface area (Å²) in [6.45, 7) is 12.0. The van der Waals surface area contributed by atoms with Crippen molar-refractivity contribution in [3.63, 3.8) is 0 Å². The van der Waals surface area contributed by atoms with Gasteiger partial charge in [-0.3, -0.25) is 9.80 Å². The Labute approximate surface area is 260 Å². The zero-order valence-corrected chi connectivity index (χ0v) is 26.3. The highest BCUT2D eigenvalue weighted by molar-refractivity contribution is 7.18. The number of halogens is 3. The number of nitrogens with one attached hydrogen (secondary N) is 1. The number of nitriles is 1. The molecule has 4 aromatic rings. The summed E-state index contributed by atoms with van der Waals surface area (Å²) in [7, 11) is 2.18. The molecule has 2 aliphatic rings. The Morgan fingerprint density at radius 1 is 1.05 bits per heavy atom. The number of benzene rings is 1. The summed E-state index contributed by atoms with van der Waals surface area (Å²) >= 11 is 1.07. The number of alkyl halides is 3. The highest BCUT2D eigenvalue weighted by Crippen LogP contribution is 2.33. The molecule has 3 aromatic heterocycles. The molecule has 1 N–H and O–H groups in total. The SMILES string of the molecule is Cc1c(CN2CCC(Nc3ncnc4sc(CC(F)(F)F)cc34)CC2)ccc2c1cc(C#N)n2CCN1CCN(C)[C@@H](C)C1. The van der Waals surface area contributed by atoms with Gasteiger partial charge in [0.1, 0.15) is 28.7 Å². The van der Waals surface area contributed by atoms with Gasteiger partial charge in [0.05, 0.1) is 11.8 Å². The van der Waals surface area contributed by atoms with Gasteiger partial charge in [-0.25, -0.2) is 9.97 Å². The Kier molecular flexibility index (Phi) is 8.84. The topological polar surface area (TPSA) is 76.2 Å². The number of likely N-dealkylation sites (tertiary alicyclic amines) is 1. The zero-order valence-electron chi connectivity index (χ0n) is 25.5. The molecule has 0 saturated carbocycles. The van der Waals surface area contributed by atoms with E-state index in [1.807, 2.05) is 6.07 Å². The molecule has 1 aromatic carbocycles. The van der Waals surface area contributed by atoms with Crippen LogP contribution in [-0.4, -0.2) is 93.8 Å². The normalized spacial score (nSPS) is 19.6. The van der Waals surface area contributed by atoms with E-state index >= 15 is 0 Å². The number of anilines is 1. The van der Waals surface area contributed by atoms with Gasteiger partial charge >= 0.3 is 6.18 Å². The van der Waals surface area contributed by atoms with Crippen LogP contribution in [0, 0.1) is 18.3 Å². The Morgan fingerprint density at radius 3 is 2.57 bits per heavy atom. The van der Waals surface area contributed by atoms with Crippen LogP contribution in [0.1, 0.15) is 41.5 Å². The summed E-state index contributed by atoms with van der Waals surface area (Å²) in [5.41, 5.74) is 4.33. The van der Waals surface area contributed by atoms with Crippen LogP contribution in [0.4, 0.5) is 19.0 Å². The number of fused-ring (bicyclic) bond motifs is 2. The maximum absolute atomic E-state index is 12.9. The zero-order chi connectivity index (χ0) is 31.0. The number of piperidine rings is 1. The molecule has 8 nitrogen and oxygen atoms in total. The van der Waals surface area contributed by atoms with Crippen molar-refractivity contribution in [2.75, 3.05) is 51.6 Å². The van der Waals surface area contributed by atoms with E-state index in [-0.39, 0.29) is 10.9 Å². The molecule has 234 valence electrons. The smallest absolute Gasteiger partial charge is 0.367 e. The fourth-order valence-corrected chi connectivity index (χ4v) is 7.60. The van der Waals surface area contributed by atoms with E-state index < -0.39 is 12.6 Å².